The van der Waals surface area contributed by atoms with Crippen LogP contribution >= 0.6 is 0 Å². The lowest BCUT2D eigenvalue weighted by molar-refractivity contribution is -0.132. The van der Waals surface area contributed by atoms with Crippen molar-refractivity contribution < 1.29 is 4.79 Å². The van der Waals surface area contributed by atoms with Crippen molar-refractivity contribution in [1.29, 1.82) is 0 Å². The molecule has 0 unspecified atom stereocenters. The third kappa shape index (κ3) is 3.80. The molecule has 0 bridgehead atoms. The Bertz CT molecular complexity index is 276. The highest BCUT2D eigenvalue weighted by Crippen LogP contribution is 2.15. The van der Waals surface area contributed by atoms with Crippen molar-refractivity contribution >= 4 is 11.6 Å². The van der Waals surface area contributed by atoms with Crippen LogP contribution in [0.4, 0.5) is 0 Å². The van der Waals surface area contributed by atoms with Gasteiger partial charge in [0.2, 0.25) is 5.91 Å². The largest absolute Gasteiger partial charge is 0.343 e. The van der Waals surface area contributed by atoms with Crippen LogP contribution in [0.3, 0.4) is 0 Å². The van der Waals surface area contributed by atoms with Gasteiger partial charge in [-0.25, -0.2) is 0 Å². The van der Waals surface area contributed by atoms with Gasteiger partial charge in [0.1, 0.15) is 0 Å². The number of likely N-dealkylation sites (tertiary alicyclic amines) is 1. The summed E-state index contributed by atoms with van der Waals surface area (Å²) in [5.74, 6) is 0.297. The topological polar surface area (TPSA) is 32.7 Å². The Balaban J connectivity index is 2.39. The molecular weight excluding hydrogens is 200 g/mol. The quantitative estimate of drug-likeness (QED) is 0.672. The summed E-state index contributed by atoms with van der Waals surface area (Å²) in [4.78, 5) is 18.2. The lowest BCUT2D eigenvalue weighted by Crippen LogP contribution is -2.39. The highest BCUT2D eigenvalue weighted by atomic mass is 16.2. The predicted molar refractivity (Wildman–Crippen MR) is 67.8 cm³/mol. The molecule has 0 atom stereocenters. The van der Waals surface area contributed by atoms with E-state index in [1.165, 1.54) is 0 Å². The van der Waals surface area contributed by atoms with E-state index in [0.717, 1.165) is 38.1 Å². The van der Waals surface area contributed by atoms with Crippen LogP contribution in [0.1, 0.15) is 39.5 Å². The molecule has 0 aliphatic carbocycles. The van der Waals surface area contributed by atoms with Gasteiger partial charge in [-0.2, -0.15) is 0 Å². The fourth-order valence-electron chi connectivity index (χ4n) is 1.96. The Kier molecular flexibility index (Phi) is 5.23. The molecule has 1 rings (SSSR count). The van der Waals surface area contributed by atoms with Crippen molar-refractivity contribution in [3.8, 4) is 0 Å². The molecule has 1 aliphatic rings. The van der Waals surface area contributed by atoms with Crippen molar-refractivity contribution in [2.24, 2.45) is 4.99 Å². The van der Waals surface area contributed by atoms with E-state index in [4.69, 9.17) is 0 Å². The lowest BCUT2D eigenvalue weighted by atomic mass is 10.0. The summed E-state index contributed by atoms with van der Waals surface area (Å²) in [5.41, 5.74) is 0.998. The van der Waals surface area contributed by atoms with E-state index in [1.807, 2.05) is 18.7 Å². The van der Waals surface area contributed by atoms with Crippen molar-refractivity contribution in [2.45, 2.75) is 45.6 Å². The first-order valence-electron chi connectivity index (χ1n) is 6.12. The van der Waals surface area contributed by atoms with Crippen LogP contribution in [-0.2, 0) is 4.79 Å². The zero-order valence-electron chi connectivity index (χ0n) is 10.4. The molecule has 1 saturated heterocycles. The molecule has 3 heteroatoms. The number of aliphatic imine (C=N–C) groups is 1. The average Bonchev–Trinajstić information content (AvgIpc) is 2.30. The molecule has 1 heterocycles. The number of hydrogen-bond donors (Lipinski definition) is 0. The monoisotopic (exact) mass is 222 g/mol. The van der Waals surface area contributed by atoms with E-state index in [-0.39, 0.29) is 0 Å². The van der Waals surface area contributed by atoms with Gasteiger partial charge in [0.05, 0.1) is 6.04 Å². The molecular formula is C13H22N2O. The zero-order chi connectivity index (χ0) is 12.0. The van der Waals surface area contributed by atoms with Gasteiger partial charge < -0.3 is 4.90 Å². The molecule has 0 saturated carbocycles. The molecule has 0 aromatic heterocycles. The summed E-state index contributed by atoms with van der Waals surface area (Å²) >= 11 is 0. The van der Waals surface area contributed by atoms with Gasteiger partial charge in [-0.3, -0.25) is 9.79 Å². The van der Waals surface area contributed by atoms with Crippen LogP contribution in [0.2, 0.25) is 0 Å². The van der Waals surface area contributed by atoms with E-state index in [9.17, 15) is 4.79 Å². The van der Waals surface area contributed by atoms with Crippen molar-refractivity contribution in [2.75, 3.05) is 13.1 Å². The molecule has 1 amide bonds. The highest BCUT2D eigenvalue weighted by molar-refractivity contribution is 5.92. The first-order chi connectivity index (χ1) is 7.67. The van der Waals surface area contributed by atoms with Gasteiger partial charge in [-0.05, 0) is 32.3 Å². The Labute approximate surface area is 98.2 Å². The Morgan fingerprint density at radius 2 is 2.12 bits per heavy atom. The Hall–Kier alpha value is -1.12. The first kappa shape index (κ1) is 12.9. The first-order valence-corrected chi connectivity index (χ1v) is 6.12. The standard InChI is InChI=1S/C13H22N2O/c1-4-6-13(16)15-9-7-12(8-10-15)14-11(3)5-2/h5,12H,2,4,6-10H2,1,3H3. The van der Waals surface area contributed by atoms with E-state index in [1.54, 1.807) is 6.08 Å². The van der Waals surface area contributed by atoms with Gasteiger partial charge >= 0.3 is 0 Å². The number of carbonyl (C=O) groups excluding carboxylic acids is 1. The van der Waals surface area contributed by atoms with Crippen LogP contribution in [0.5, 0.6) is 0 Å². The second-order valence-electron chi connectivity index (χ2n) is 4.34. The second-order valence-corrected chi connectivity index (χ2v) is 4.34. The third-order valence-electron chi connectivity index (χ3n) is 2.96. The molecule has 0 aromatic carbocycles. The van der Waals surface area contributed by atoms with Crippen molar-refractivity contribution in [3.05, 3.63) is 12.7 Å². The summed E-state index contributed by atoms with van der Waals surface area (Å²) in [7, 11) is 0. The number of allylic oxidation sites excluding steroid dienone is 1. The SMILES string of the molecule is C=CC(C)=NC1CCN(C(=O)CCC)CC1. The maximum absolute atomic E-state index is 11.7. The summed E-state index contributed by atoms with van der Waals surface area (Å²) in [5, 5.41) is 0. The normalized spacial score (nSPS) is 18.6. The minimum absolute atomic E-state index is 0.297. The molecule has 0 spiro atoms. The summed E-state index contributed by atoms with van der Waals surface area (Å²) < 4.78 is 0. The zero-order valence-corrected chi connectivity index (χ0v) is 10.4. The van der Waals surface area contributed by atoms with Crippen LogP contribution in [0.15, 0.2) is 17.6 Å². The molecule has 16 heavy (non-hydrogen) atoms. The summed E-state index contributed by atoms with van der Waals surface area (Å²) in [6, 6.07) is 0.378. The van der Waals surface area contributed by atoms with E-state index < -0.39 is 0 Å². The minimum Gasteiger partial charge on any atom is -0.343 e. The number of rotatable bonds is 4. The number of carbonyl (C=O) groups is 1. The smallest absolute Gasteiger partial charge is 0.222 e. The predicted octanol–water partition coefficient (Wildman–Crippen LogP) is 2.42. The molecule has 3 nitrogen and oxygen atoms in total. The van der Waals surface area contributed by atoms with Crippen LogP contribution in [0, 0.1) is 0 Å². The third-order valence-corrected chi connectivity index (χ3v) is 2.96. The molecule has 0 N–H and O–H groups in total. The van der Waals surface area contributed by atoms with E-state index in [2.05, 4.69) is 11.6 Å². The molecule has 0 radical (unpaired) electrons. The van der Waals surface area contributed by atoms with Crippen LogP contribution < -0.4 is 0 Å². The Morgan fingerprint density at radius 1 is 1.50 bits per heavy atom. The molecule has 0 aromatic rings. The van der Waals surface area contributed by atoms with Gasteiger partial charge in [-0.1, -0.05) is 13.5 Å². The second kappa shape index (κ2) is 6.46. The van der Waals surface area contributed by atoms with Gasteiger partial charge in [0.15, 0.2) is 0 Å². The lowest BCUT2D eigenvalue weighted by Gasteiger charge is -2.30. The number of hydrogen-bond acceptors (Lipinski definition) is 2. The fraction of sp³-hybridized carbons (Fsp3) is 0.692. The van der Waals surface area contributed by atoms with Crippen molar-refractivity contribution in [1.82, 2.24) is 4.90 Å². The van der Waals surface area contributed by atoms with Crippen molar-refractivity contribution in [3.63, 3.8) is 0 Å². The average molecular weight is 222 g/mol. The molecule has 1 aliphatic heterocycles. The van der Waals surface area contributed by atoms with E-state index >= 15 is 0 Å². The fourth-order valence-corrected chi connectivity index (χ4v) is 1.96. The van der Waals surface area contributed by atoms with Gasteiger partial charge in [0.25, 0.3) is 0 Å². The Morgan fingerprint density at radius 3 is 2.62 bits per heavy atom. The number of nitrogens with zero attached hydrogens (tertiary/aromatic N) is 2. The maximum Gasteiger partial charge on any atom is 0.222 e. The molecule has 90 valence electrons. The van der Waals surface area contributed by atoms with Crippen LogP contribution in [-0.4, -0.2) is 35.7 Å². The van der Waals surface area contributed by atoms with E-state index in [0.29, 0.717) is 18.4 Å². The summed E-state index contributed by atoms with van der Waals surface area (Å²) in [6.45, 7) is 9.43. The minimum atomic E-state index is 0.297. The van der Waals surface area contributed by atoms with Gasteiger partial charge in [0, 0.05) is 25.2 Å². The number of piperidine rings is 1. The molecule has 1 fully saturated rings. The number of amides is 1. The maximum atomic E-state index is 11.7. The van der Waals surface area contributed by atoms with Gasteiger partial charge in [-0.15, -0.1) is 0 Å². The van der Waals surface area contributed by atoms with Crippen LogP contribution in [0.25, 0.3) is 0 Å². The highest BCUT2D eigenvalue weighted by Gasteiger charge is 2.21. The summed E-state index contributed by atoms with van der Waals surface area (Å²) in [6.07, 6.45) is 5.38.